The molecular weight excluding hydrogens is 236 g/mol. The lowest BCUT2D eigenvalue weighted by molar-refractivity contribution is 0.340. The molecule has 2 aromatic rings. The highest BCUT2D eigenvalue weighted by Gasteiger charge is 2.02. The first-order valence-electron chi connectivity index (χ1n) is 7.13. The Balaban J connectivity index is 2.00. The van der Waals surface area contributed by atoms with Crippen LogP contribution in [0.25, 0.3) is 10.9 Å². The quantitative estimate of drug-likeness (QED) is 0.773. The fourth-order valence-corrected chi connectivity index (χ4v) is 2.22. The number of ether oxygens (including phenoxy) is 1. The third-order valence-electron chi connectivity index (χ3n) is 3.14. The van der Waals surface area contributed by atoms with E-state index < -0.39 is 0 Å². The lowest BCUT2D eigenvalue weighted by Gasteiger charge is -2.09. The maximum absolute atomic E-state index is 5.53. The van der Waals surface area contributed by atoms with Gasteiger partial charge in [-0.15, -0.1) is 0 Å². The first kappa shape index (κ1) is 13.9. The Morgan fingerprint density at radius 2 is 2.11 bits per heavy atom. The van der Waals surface area contributed by atoms with Gasteiger partial charge in [-0.05, 0) is 43.7 Å². The lowest BCUT2D eigenvalue weighted by atomic mass is 10.2. The molecule has 0 atom stereocenters. The van der Waals surface area contributed by atoms with Crippen LogP contribution >= 0.6 is 0 Å². The molecule has 3 heteroatoms. The van der Waals surface area contributed by atoms with Gasteiger partial charge < -0.3 is 14.6 Å². The van der Waals surface area contributed by atoms with Crippen molar-refractivity contribution in [3.05, 3.63) is 30.5 Å². The molecule has 0 saturated carbocycles. The summed E-state index contributed by atoms with van der Waals surface area (Å²) < 4.78 is 7.82. The number of benzene rings is 1. The van der Waals surface area contributed by atoms with E-state index in [0.29, 0.717) is 12.5 Å². The minimum atomic E-state index is 0.704. The standard InChI is InChI=1S/C16H24N2O/c1-4-19-15-5-6-16-14(11-15)7-9-18(16)10-8-17-12-13(2)3/h5-7,9,11,13,17H,4,8,10,12H2,1-3H3. The molecule has 3 nitrogen and oxygen atoms in total. The molecule has 104 valence electrons. The molecule has 1 heterocycles. The molecule has 0 unspecified atom stereocenters. The van der Waals surface area contributed by atoms with Gasteiger partial charge in [0, 0.05) is 30.2 Å². The van der Waals surface area contributed by atoms with Gasteiger partial charge in [0.1, 0.15) is 5.75 Å². The van der Waals surface area contributed by atoms with Crippen LogP contribution < -0.4 is 10.1 Å². The molecule has 0 aliphatic rings. The molecule has 2 rings (SSSR count). The first-order valence-corrected chi connectivity index (χ1v) is 7.13. The van der Waals surface area contributed by atoms with E-state index in [1.165, 1.54) is 10.9 Å². The van der Waals surface area contributed by atoms with Crippen LogP contribution in [0.3, 0.4) is 0 Å². The van der Waals surface area contributed by atoms with Crippen LogP contribution in [0.4, 0.5) is 0 Å². The molecule has 0 fully saturated rings. The van der Waals surface area contributed by atoms with Crippen molar-refractivity contribution in [2.75, 3.05) is 19.7 Å². The van der Waals surface area contributed by atoms with Gasteiger partial charge in [0.2, 0.25) is 0 Å². The van der Waals surface area contributed by atoms with E-state index in [0.717, 1.165) is 25.4 Å². The van der Waals surface area contributed by atoms with Gasteiger partial charge in [0.05, 0.1) is 6.61 Å². The molecule has 0 aliphatic carbocycles. The normalized spacial score (nSPS) is 11.4. The Kier molecular flexibility index (Phi) is 4.86. The van der Waals surface area contributed by atoms with Gasteiger partial charge in [0.25, 0.3) is 0 Å². The van der Waals surface area contributed by atoms with E-state index in [-0.39, 0.29) is 0 Å². The van der Waals surface area contributed by atoms with E-state index in [2.05, 4.69) is 48.1 Å². The fourth-order valence-electron chi connectivity index (χ4n) is 2.22. The molecule has 1 aromatic heterocycles. The molecule has 0 amide bonds. The molecule has 0 saturated heterocycles. The molecule has 0 spiro atoms. The Morgan fingerprint density at radius 1 is 1.26 bits per heavy atom. The third kappa shape index (κ3) is 3.74. The van der Waals surface area contributed by atoms with Crippen molar-refractivity contribution in [2.24, 2.45) is 5.92 Å². The number of rotatable bonds is 7. The molecular formula is C16H24N2O. The second-order valence-electron chi connectivity index (χ2n) is 5.26. The Labute approximate surface area is 115 Å². The fraction of sp³-hybridized carbons (Fsp3) is 0.500. The monoisotopic (exact) mass is 260 g/mol. The highest BCUT2D eigenvalue weighted by atomic mass is 16.5. The summed E-state index contributed by atoms with van der Waals surface area (Å²) in [6, 6.07) is 8.45. The SMILES string of the molecule is CCOc1ccc2c(ccn2CCNCC(C)C)c1. The summed E-state index contributed by atoms with van der Waals surface area (Å²) in [5.74, 6) is 1.65. The van der Waals surface area contributed by atoms with Crippen LogP contribution in [-0.4, -0.2) is 24.3 Å². The largest absolute Gasteiger partial charge is 0.494 e. The Bertz CT molecular complexity index is 516. The van der Waals surface area contributed by atoms with Crippen molar-refractivity contribution in [2.45, 2.75) is 27.3 Å². The molecule has 1 N–H and O–H groups in total. The van der Waals surface area contributed by atoms with Gasteiger partial charge in [-0.1, -0.05) is 13.8 Å². The van der Waals surface area contributed by atoms with E-state index in [1.807, 2.05) is 13.0 Å². The lowest BCUT2D eigenvalue weighted by Crippen LogP contribution is -2.23. The second-order valence-corrected chi connectivity index (χ2v) is 5.26. The minimum absolute atomic E-state index is 0.704. The van der Waals surface area contributed by atoms with Crippen molar-refractivity contribution in [3.63, 3.8) is 0 Å². The maximum Gasteiger partial charge on any atom is 0.120 e. The van der Waals surface area contributed by atoms with Crippen molar-refractivity contribution in [1.29, 1.82) is 0 Å². The van der Waals surface area contributed by atoms with Crippen molar-refractivity contribution < 1.29 is 4.74 Å². The number of hydrogen-bond acceptors (Lipinski definition) is 2. The summed E-state index contributed by atoms with van der Waals surface area (Å²) in [5, 5.41) is 4.72. The maximum atomic E-state index is 5.53. The predicted octanol–water partition coefficient (Wildman–Crippen LogP) is 3.29. The summed E-state index contributed by atoms with van der Waals surface area (Å²) in [4.78, 5) is 0. The summed E-state index contributed by atoms with van der Waals surface area (Å²) in [6.45, 7) is 10.3. The smallest absolute Gasteiger partial charge is 0.120 e. The average Bonchev–Trinajstić information content (AvgIpc) is 2.77. The van der Waals surface area contributed by atoms with Gasteiger partial charge in [-0.25, -0.2) is 0 Å². The van der Waals surface area contributed by atoms with E-state index >= 15 is 0 Å². The molecule has 0 bridgehead atoms. The van der Waals surface area contributed by atoms with Crippen molar-refractivity contribution >= 4 is 10.9 Å². The average molecular weight is 260 g/mol. The number of nitrogens with one attached hydrogen (secondary N) is 1. The Morgan fingerprint density at radius 3 is 2.84 bits per heavy atom. The zero-order valence-corrected chi connectivity index (χ0v) is 12.1. The van der Waals surface area contributed by atoms with Crippen LogP contribution in [0.15, 0.2) is 30.5 Å². The zero-order valence-electron chi connectivity index (χ0n) is 12.1. The Hall–Kier alpha value is -1.48. The van der Waals surface area contributed by atoms with Gasteiger partial charge in [0.15, 0.2) is 0 Å². The van der Waals surface area contributed by atoms with E-state index in [4.69, 9.17) is 4.74 Å². The zero-order chi connectivity index (χ0) is 13.7. The second kappa shape index (κ2) is 6.62. The number of fused-ring (bicyclic) bond motifs is 1. The molecule has 19 heavy (non-hydrogen) atoms. The summed E-state index contributed by atoms with van der Waals surface area (Å²) in [6.07, 6.45) is 2.15. The topological polar surface area (TPSA) is 26.2 Å². The van der Waals surface area contributed by atoms with Crippen LogP contribution in [0.2, 0.25) is 0 Å². The molecule has 0 aliphatic heterocycles. The predicted molar refractivity (Wildman–Crippen MR) is 80.8 cm³/mol. The van der Waals surface area contributed by atoms with Crippen LogP contribution in [0, 0.1) is 5.92 Å². The van der Waals surface area contributed by atoms with Crippen LogP contribution in [-0.2, 0) is 6.54 Å². The highest BCUT2D eigenvalue weighted by Crippen LogP contribution is 2.21. The first-order chi connectivity index (χ1) is 9.20. The third-order valence-corrected chi connectivity index (χ3v) is 3.14. The minimum Gasteiger partial charge on any atom is -0.494 e. The summed E-state index contributed by atoms with van der Waals surface area (Å²) in [7, 11) is 0. The number of nitrogens with zero attached hydrogens (tertiary/aromatic N) is 1. The van der Waals surface area contributed by atoms with Gasteiger partial charge in [-0.3, -0.25) is 0 Å². The number of hydrogen-bond donors (Lipinski definition) is 1. The number of aromatic nitrogens is 1. The van der Waals surface area contributed by atoms with Crippen LogP contribution in [0.1, 0.15) is 20.8 Å². The summed E-state index contributed by atoms with van der Waals surface area (Å²) >= 11 is 0. The van der Waals surface area contributed by atoms with E-state index in [1.54, 1.807) is 0 Å². The van der Waals surface area contributed by atoms with Gasteiger partial charge >= 0.3 is 0 Å². The van der Waals surface area contributed by atoms with Crippen LogP contribution in [0.5, 0.6) is 5.75 Å². The highest BCUT2D eigenvalue weighted by molar-refractivity contribution is 5.81. The molecule has 1 aromatic carbocycles. The molecule has 0 radical (unpaired) electrons. The summed E-state index contributed by atoms with van der Waals surface area (Å²) in [5.41, 5.74) is 1.27. The van der Waals surface area contributed by atoms with E-state index in [9.17, 15) is 0 Å². The van der Waals surface area contributed by atoms with Gasteiger partial charge in [-0.2, -0.15) is 0 Å². The van der Waals surface area contributed by atoms with Crippen molar-refractivity contribution in [3.8, 4) is 5.75 Å². The van der Waals surface area contributed by atoms with Crippen molar-refractivity contribution in [1.82, 2.24) is 9.88 Å².